The average Bonchev–Trinajstić information content (AvgIpc) is 2.18. The van der Waals surface area contributed by atoms with Gasteiger partial charge in [-0.25, -0.2) is 13.1 Å². The van der Waals surface area contributed by atoms with Crippen LogP contribution in [0.2, 0.25) is 0 Å². The lowest BCUT2D eigenvalue weighted by molar-refractivity contribution is 0.572. The minimum Gasteiger partial charge on any atom is -0.212 e. The van der Waals surface area contributed by atoms with Crippen molar-refractivity contribution in [2.24, 2.45) is 0 Å². The quantitative estimate of drug-likeness (QED) is 0.843. The van der Waals surface area contributed by atoms with Crippen LogP contribution >= 0.6 is 31.9 Å². The summed E-state index contributed by atoms with van der Waals surface area (Å²) in [5.74, 6) is 0. The van der Waals surface area contributed by atoms with Crippen LogP contribution in [0, 0.1) is 0 Å². The zero-order chi connectivity index (χ0) is 11.5. The number of alkyl halides is 1. The molecule has 3 nitrogen and oxygen atoms in total. The zero-order valence-corrected chi connectivity index (χ0v) is 12.1. The van der Waals surface area contributed by atoms with E-state index in [0.717, 1.165) is 10.0 Å². The molecule has 15 heavy (non-hydrogen) atoms. The van der Waals surface area contributed by atoms with Gasteiger partial charge in [-0.05, 0) is 24.6 Å². The SMILES string of the molecule is C[C@@H](NS(=O)(=O)CBr)c1ccc(Br)cc1. The molecule has 0 aliphatic carbocycles. The van der Waals surface area contributed by atoms with E-state index < -0.39 is 10.0 Å². The molecule has 0 heterocycles. The van der Waals surface area contributed by atoms with Crippen molar-refractivity contribution in [3.05, 3.63) is 34.3 Å². The van der Waals surface area contributed by atoms with E-state index in [-0.39, 0.29) is 10.7 Å². The highest BCUT2D eigenvalue weighted by Crippen LogP contribution is 2.17. The molecule has 1 aromatic rings. The monoisotopic (exact) mass is 355 g/mol. The van der Waals surface area contributed by atoms with Crippen molar-refractivity contribution in [1.82, 2.24) is 4.72 Å². The molecular formula is C9H11Br2NO2S. The van der Waals surface area contributed by atoms with E-state index in [0.29, 0.717) is 0 Å². The van der Waals surface area contributed by atoms with Gasteiger partial charge in [0, 0.05) is 10.5 Å². The lowest BCUT2D eigenvalue weighted by atomic mass is 10.1. The van der Waals surface area contributed by atoms with Crippen molar-refractivity contribution in [2.45, 2.75) is 13.0 Å². The summed E-state index contributed by atoms with van der Waals surface area (Å²) >= 11 is 6.25. The van der Waals surface area contributed by atoms with Gasteiger partial charge in [-0.15, -0.1) is 0 Å². The second-order valence-electron chi connectivity index (χ2n) is 3.11. The van der Waals surface area contributed by atoms with Gasteiger partial charge in [0.1, 0.15) is 4.66 Å². The van der Waals surface area contributed by atoms with Crippen LogP contribution in [0.25, 0.3) is 0 Å². The molecular weight excluding hydrogens is 346 g/mol. The van der Waals surface area contributed by atoms with E-state index in [1.165, 1.54) is 0 Å². The van der Waals surface area contributed by atoms with E-state index in [4.69, 9.17) is 0 Å². The van der Waals surface area contributed by atoms with E-state index in [2.05, 4.69) is 36.6 Å². The Morgan fingerprint density at radius 1 is 1.33 bits per heavy atom. The molecule has 0 saturated heterocycles. The average molecular weight is 357 g/mol. The number of rotatable bonds is 4. The summed E-state index contributed by atoms with van der Waals surface area (Å²) < 4.78 is 26.0. The van der Waals surface area contributed by atoms with Crippen LogP contribution in [0.3, 0.4) is 0 Å². The molecule has 0 saturated carbocycles. The molecule has 6 heteroatoms. The Hall–Kier alpha value is 0.0900. The largest absolute Gasteiger partial charge is 0.222 e. The number of nitrogens with one attached hydrogen (secondary N) is 1. The Morgan fingerprint density at radius 2 is 1.87 bits per heavy atom. The molecule has 84 valence electrons. The summed E-state index contributed by atoms with van der Waals surface area (Å²) in [4.78, 5) is 0. The fourth-order valence-corrected chi connectivity index (χ4v) is 2.52. The first-order valence-corrected chi connectivity index (χ1v) is 7.83. The summed E-state index contributed by atoms with van der Waals surface area (Å²) in [6.45, 7) is 1.81. The first kappa shape index (κ1) is 13.2. The van der Waals surface area contributed by atoms with Crippen LogP contribution in [0.1, 0.15) is 18.5 Å². The predicted octanol–water partition coefficient (Wildman–Crippen LogP) is 2.78. The molecule has 1 rings (SSSR count). The highest BCUT2D eigenvalue weighted by Gasteiger charge is 2.13. The van der Waals surface area contributed by atoms with Gasteiger partial charge >= 0.3 is 0 Å². The van der Waals surface area contributed by atoms with Crippen LogP contribution in [-0.2, 0) is 10.0 Å². The van der Waals surface area contributed by atoms with Crippen LogP contribution in [0.4, 0.5) is 0 Å². The van der Waals surface area contributed by atoms with Crippen molar-refractivity contribution >= 4 is 41.9 Å². The van der Waals surface area contributed by atoms with Crippen molar-refractivity contribution in [3.8, 4) is 0 Å². The van der Waals surface area contributed by atoms with E-state index in [1.54, 1.807) is 0 Å². The van der Waals surface area contributed by atoms with Gasteiger partial charge in [-0.3, -0.25) is 0 Å². The van der Waals surface area contributed by atoms with Gasteiger partial charge in [-0.1, -0.05) is 44.0 Å². The Bertz CT molecular complexity index is 416. The summed E-state index contributed by atoms with van der Waals surface area (Å²) in [6.07, 6.45) is 0. The first-order valence-electron chi connectivity index (χ1n) is 4.26. The normalized spacial score (nSPS) is 13.8. The molecule has 0 bridgehead atoms. The maximum Gasteiger partial charge on any atom is 0.222 e. The molecule has 1 aromatic carbocycles. The standard InChI is InChI=1S/C9H11Br2NO2S/c1-7(12-15(13,14)6-10)8-2-4-9(11)5-3-8/h2-5,7,12H,6H2,1H3/t7-/m1/s1. The number of hydrogen-bond acceptors (Lipinski definition) is 2. The van der Waals surface area contributed by atoms with E-state index in [1.807, 2.05) is 31.2 Å². The first-order chi connectivity index (χ1) is 6.94. The van der Waals surface area contributed by atoms with Gasteiger partial charge < -0.3 is 0 Å². The molecule has 0 spiro atoms. The number of halogens is 2. The minimum absolute atomic E-state index is 0.0825. The Labute approximate surface area is 107 Å². The molecule has 0 aliphatic rings. The summed E-state index contributed by atoms with van der Waals surface area (Å²) in [5, 5.41) is 0. The van der Waals surface area contributed by atoms with Crippen molar-refractivity contribution < 1.29 is 8.42 Å². The van der Waals surface area contributed by atoms with Crippen molar-refractivity contribution in [1.29, 1.82) is 0 Å². The number of hydrogen-bond donors (Lipinski definition) is 1. The molecule has 0 amide bonds. The van der Waals surface area contributed by atoms with Crippen LogP contribution in [0.15, 0.2) is 28.7 Å². The minimum atomic E-state index is -3.22. The molecule has 0 fully saturated rings. The summed E-state index contributed by atoms with van der Waals surface area (Å²) in [5.41, 5.74) is 0.933. The van der Waals surface area contributed by atoms with E-state index >= 15 is 0 Å². The fraction of sp³-hybridized carbons (Fsp3) is 0.333. The van der Waals surface area contributed by atoms with Crippen LogP contribution in [0.5, 0.6) is 0 Å². The molecule has 0 radical (unpaired) electrons. The number of benzene rings is 1. The molecule has 0 unspecified atom stereocenters. The summed E-state index contributed by atoms with van der Waals surface area (Å²) in [7, 11) is -3.22. The van der Waals surface area contributed by atoms with E-state index in [9.17, 15) is 8.42 Å². The highest BCUT2D eigenvalue weighted by atomic mass is 79.9. The van der Waals surface area contributed by atoms with Crippen LogP contribution in [-0.4, -0.2) is 13.1 Å². The van der Waals surface area contributed by atoms with Gasteiger partial charge in [-0.2, -0.15) is 0 Å². The smallest absolute Gasteiger partial charge is 0.212 e. The highest BCUT2D eigenvalue weighted by molar-refractivity contribution is 9.10. The van der Waals surface area contributed by atoms with Gasteiger partial charge in [0.05, 0.1) is 0 Å². The fourth-order valence-electron chi connectivity index (χ4n) is 1.12. The lowest BCUT2D eigenvalue weighted by Crippen LogP contribution is -2.27. The predicted molar refractivity (Wildman–Crippen MR) is 68.4 cm³/mol. The second kappa shape index (κ2) is 5.43. The third-order valence-electron chi connectivity index (χ3n) is 1.87. The Balaban J connectivity index is 2.78. The number of sulfonamides is 1. The van der Waals surface area contributed by atoms with Crippen molar-refractivity contribution in [3.63, 3.8) is 0 Å². The molecule has 1 N–H and O–H groups in total. The Kier molecular flexibility index (Phi) is 4.76. The maximum atomic E-state index is 11.3. The van der Waals surface area contributed by atoms with Crippen molar-refractivity contribution in [2.75, 3.05) is 4.66 Å². The molecule has 1 atom stereocenters. The lowest BCUT2D eigenvalue weighted by Gasteiger charge is -2.13. The van der Waals surface area contributed by atoms with Crippen LogP contribution < -0.4 is 4.72 Å². The van der Waals surface area contributed by atoms with Gasteiger partial charge in [0.25, 0.3) is 0 Å². The molecule has 0 aromatic heterocycles. The van der Waals surface area contributed by atoms with Gasteiger partial charge in [0.2, 0.25) is 10.0 Å². The maximum absolute atomic E-state index is 11.3. The topological polar surface area (TPSA) is 46.2 Å². The third kappa shape index (κ3) is 4.22. The Morgan fingerprint density at radius 3 is 2.33 bits per heavy atom. The third-order valence-corrected chi connectivity index (χ3v) is 5.21. The zero-order valence-electron chi connectivity index (χ0n) is 8.07. The molecule has 0 aliphatic heterocycles. The van der Waals surface area contributed by atoms with Gasteiger partial charge in [0.15, 0.2) is 0 Å². The second-order valence-corrected chi connectivity index (χ2v) is 7.09. The summed E-state index contributed by atoms with van der Waals surface area (Å²) in [6, 6.07) is 7.31.